The predicted molar refractivity (Wildman–Crippen MR) is 63.5 cm³/mol. The van der Waals surface area contributed by atoms with Gasteiger partial charge in [0.1, 0.15) is 5.82 Å². The SMILES string of the molecule is C#CCNC(=O)COC(=O)c1cc(Cl)ccc1F. The van der Waals surface area contributed by atoms with Gasteiger partial charge in [0.05, 0.1) is 12.1 Å². The minimum absolute atomic E-state index is 0.0297. The second-order valence-corrected chi connectivity index (χ2v) is 3.62. The summed E-state index contributed by atoms with van der Waals surface area (Å²) in [5.74, 6) is -0.118. The van der Waals surface area contributed by atoms with Gasteiger partial charge in [-0.1, -0.05) is 17.5 Å². The molecule has 1 rings (SSSR count). The van der Waals surface area contributed by atoms with Crippen molar-refractivity contribution in [2.75, 3.05) is 13.2 Å². The Morgan fingerprint density at radius 2 is 2.22 bits per heavy atom. The van der Waals surface area contributed by atoms with Gasteiger partial charge in [0.15, 0.2) is 6.61 Å². The number of carbonyl (C=O) groups is 2. The number of halogens is 2. The minimum atomic E-state index is -0.967. The monoisotopic (exact) mass is 269 g/mol. The van der Waals surface area contributed by atoms with Crippen LogP contribution >= 0.6 is 11.6 Å². The molecule has 0 saturated heterocycles. The van der Waals surface area contributed by atoms with E-state index in [1.54, 1.807) is 0 Å². The Hall–Kier alpha value is -2.06. The summed E-state index contributed by atoms with van der Waals surface area (Å²) < 4.78 is 17.9. The lowest BCUT2D eigenvalue weighted by atomic mass is 10.2. The Balaban J connectivity index is 2.58. The third-order valence-corrected chi connectivity index (χ3v) is 2.11. The van der Waals surface area contributed by atoms with E-state index in [1.807, 2.05) is 0 Å². The van der Waals surface area contributed by atoms with Gasteiger partial charge in [-0.05, 0) is 18.2 Å². The van der Waals surface area contributed by atoms with E-state index in [9.17, 15) is 14.0 Å². The summed E-state index contributed by atoms with van der Waals surface area (Å²) in [6.45, 7) is -0.506. The molecule has 94 valence electrons. The molecule has 0 aromatic heterocycles. The molecular weight excluding hydrogens is 261 g/mol. The van der Waals surface area contributed by atoms with Gasteiger partial charge in [0.25, 0.3) is 5.91 Å². The number of carbonyl (C=O) groups excluding carboxylic acids is 2. The quantitative estimate of drug-likeness (QED) is 0.664. The molecule has 0 aliphatic rings. The van der Waals surface area contributed by atoms with Crippen LogP contribution in [0.1, 0.15) is 10.4 Å². The summed E-state index contributed by atoms with van der Waals surface area (Å²) in [4.78, 5) is 22.5. The van der Waals surface area contributed by atoms with Crippen LogP contribution in [0.4, 0.5) is 4.39 Å². The van der Waals surface area contributed by atoms with Crippen molar-refractivity contribution in [2.24, 2.45) is 0 Å². The average Bonchev–Trinajstić information content (AvgIpc) is 2.36. The molecule has 0 fully saturated rings. The lowest BCUT2D eigenvalue weighted by Crippen LogP contribution is -2.29. The highest BCUT2D eigenvalue weighted by Gasteiger charge is 2.15. The maximum absolute atomic E-state index is 13.3. The zero-order valence-corrected chi connectivity index (χ0v) is 9.96. The highest BCUT2D eigenvalue weighted by Crippen LogP contribution is 2.15. The zero-order valence-electron chi connectivity index (χ0n) is 9.20. The highest BCUT2D eigenvalue weighted by atomic mass is 35.5. The normalized spacial score (nSPS) is 9.39. The van der Waals surface area contributed by atoms with Crippen LogP contribution in [0.5, 0.6) is 0 Å². The van der Waals surface area contributed by atoms with E-state index in [-0.39, 0.29) is 17.1 Å². The average molecular weight is 270 g/mol. The van der Waals surface area contributed by atoms with Crippen molar-refractivity contribution in [3.8, 4) is 12.3 Å². The van der Waals surface area contributed by atoms with E-state index in [0.717, 1.165) is 12.1 Å². The van der Waals surface area contributed by atoms with E-state index in [1.165, 1.54) is 6.07 Å². The summed E-state index contributed by atoms with van der Waals surface area (Å²) in [5.41, 5.74) is -0.327. The zero-order chi connectivity index (χ0) is 13.5. The Labute approximate surface area is 108 Å². The number of hydrogen-bond acceptors (Lipinski definition) is 3. The maximum atomic E-state index is 13.3. The van der Waals surface area contributed by atoms with Crippen molar-refractivity contribution < 1.29 is 18.7 Å². The van der Waals surface area contributed by atoms with Gasteiger partial charge < -0.3 is 10.1 Å². The van der Waals surface area contributed by atoms with Crippen molar-refractivity contribution in [1.82, 2.24) is 5.32 Å². The van der Waals surface area contributed by atoms with Gasteiger partial charge in [-0.15, -0.1) is 6.42 Å². The summed E-state index contributed by atoms with van der Waals surface area (Å²) in [5, 5.41) is 2.49. The van der Waals surface area contributed by atoms with Gasteiger partial charge in [-0.25, -0.2) is 9.18 Å². The molecule has 1 aromatic carbocycles. The molecule has 0 saturated carbocycles. The Morgan fingerprint density at radius 1 is 1.50 bits per heavy atom. The molecule has 0 spiro atoms. The fraction of sp³-hybridized carbons (Fsp3) is 0.167. The molecule has 0 unspecified atom stereocenters. The molecule has 0 atom stereocenters. The number of hydrogen-bond donors (Lipinski definition) is 1. The largest absolute Gasteiger partial charge is 0.452 e. The smallest absolute Gasteiger partial charge is 0.341 e. The Bertz CT molecular complexity index is 511. The maximum Gasteiger partial charge on any atom is 0.341 e. The standard InChI is InChI=1S/C12H9ClFNO3/c1-2-5-15-11(16)7-18-12(17)9-6-8(13)3-4-10(9)14/h1,3-4,6H,5,7H2,(H,15,16). The summed E-state index contributed by atoms with van der Waals surface area (Å²) >= 11 is 5.62. The molecule has 0 aliphatic heterocycles. The number of benzene rings is 1. The van der Waals surface area contributed by atoms with Crippen LogP contribution in [-0.2, 0) is 9.53 Å². The molecule has 0 radical (unpaired) electrons. The molecule has 1 N–H and O–H groups in total. The Kier molecular flexibility index (Phi) is 5.15. The van der Waals surface area contributed by atoms with E-state index in [4.69, 9.17) is 18.0 Å². The fourth-order valence-corrected chi connectivity index (χ4v) is 1.24. The number of ether oxygens (including phenoxy) is 1. The molecule has 0 bridgehead atoms. The second-order valence-electron chi connectivity index (χ2n) is 3.18. The molecule has 0 aliphatic carbocycles. The summed E-state index contributed by atoms with van der Waals surface area (Å²) in [6, 6.07) is 3.46. The first-order valence-corrected chi connectivity index (χ1v) is 5.24. The van der Waals surface area contributed by atoms with Gasteiger partial charge in [0, 0.05) is 5.02 Å². The molecule has 18 heavy (non-hydrogen) atoms. The van der Waals surface area contributed by atoms with Crippen molar-refractivity contribution in [3.05, 3.63) is 34.6 Å². The van der Waals surface area contributed by atoms with Crippen molar-refractivity contribution in [3.63, 3.8) is 0 Å². The van der Waals surface area contributed by atoms with Gasteiger partial charge in [-0.3, -0.25) is 4.79 Å². The number of nitrogens with one attached hydrogen (secondary N) is 1. The third kappa shape index (κ3) is 4.07. The fourth-order valence-electron chi connectivity index (χ4n) is 1.06. The Morgan fingerprint density at radius 3 is 2.89 bits per heavy atom. The van der Waals surface area contributed by atoms with Crippen LogP contribution < -0.4 is 5.32 Å². The molecular formula is C12H9ClFNO3. The first kappa shape index (κ1) is 14.0. The number of amides is 1. The predicted octanol–water partition coefficient (Wildman–Crippen LogP) is 1.39. The third-order valence-electron chi connectivity index (χ3n) is 1.87. The second kappa shape index (κ2) is 6.62. The van der Waals surface area contributed by atoms with E-state index in [2.05, 4.69) is 16.0 Å². The summed E-state index contributed by atoms with van der Waals surface area (Å²) in [7, 11) is 0. The lowest BCUT2D eigenvalue weighted by molar-refractivity contribution is -0.123. The first-order valence-electron chi connectivity index (χ1n) is 4.87. The van der Waals surface area contributed by atoms with Crippen LogP contribution in [0.15, 0.2) is 18.2 Å². The van der Waals surface area contributed by atoms with E-state index < -0.39 is 24.3 Å². The minimum Gasteiger partial charge on any atom is -0.452 e. The topological polar surface area (TPSA) is 55.4 Å². The van der Waals surface area contributed by atoms with Crippen molar-refractivity contribution >= 4 is 23.5 Å². The number of rotatable bonds is 4. The van der Waals surface area contributed by atoms with E-state index in [0.29, 0.717) is 0 Å². The lowest BCUT2D eigenvalue weighted by Gasteiger charge is -2.05. The molecule has 4 nitrogen and oxygen atoms in total. The van der Waals surface area contributed by atoms with Crippen LogP contribution in [-0.4, -0.2) is 25.0 Å². The van der Waals surface area contributed by atoms with Gasteiger partial charge >= 0.3 is 5.97 Å². The number of terminal acetylenes is 1. The molecule has 0 heterocycles. The molecule has 1 aromatic rings. The highest BCUT2D eigenvalue weighted by molar-refractivity contribution is 6.30. The first-order chi connectivity index (χ1) is 8.54. The van der Waals surface area contributed by atoms with Crippen molar-refractivity contribution in [1.29, 1.82) is 0 Å². The van der Waals surface area contributed by atoms with Gasteiger partial charge in [0.2, 0.25) is 0 Å². The summed E-state index contributed by atoms with van der Waals surface area (Å²) in [6.07, 6.45) is 4.92. The van der Waals surface area contributed by atoms with Crippen LogP contribution in [0, 0.1) is 18.2 Å². The van der Waals surface area contributed by atoms with Crippen LogP contribution in [0.25, 0.3) is 0 Å². The van der Waals surface area contributed by atoms with Gasteiger partial charge in [-0.2, -0.15) is 0 Å². The van der Waals surface area contributed by atoms with Crippen molar-refractivity contribution in [2.45, 2.75) is 0 Å². The number of esters is 1. The van der Waals surface area contributed by atoms with E-state index >= 15 is 0 Å². The van der Waals surface area contributed by atoms with Crippen LogP contribution in [0.3, 0.4) is 0 Å². The van der Waals surface area contributed by atoms with Crippen LogP contribution in [0.2, 0.25) is 5.02 Å². The molecule has 6 heteroatoms. The molecule has 1 amide bonds.